The molecule has 0 saturated heterocycles. The Morgan fingerprint density at radius 2 is 2.16 bits per heavy atom. The molecule has 1 atom stereocenters. The maximum Gasteiger partial charge on any atom is 0.326 e. The van der Waals surface area contributed by atoms with Gasteiger partial charge in [0.1, 0.15) is 11.9 Å². The largest absolute Gasteiger partial charge is 0.480 e. The van der Waals surface area contributed by atoms with Crippen LogP contribution in [0.5, 0.6) is 5.88 Å². The Morgan fingerprint density at radius 1 is 1.47 bits per heavy atom. The predicted molar refractivity (Wildman–Crippen MR) is 72.3 cm³/mol. The zero-order valence-corrected chi connectivity index (χ0v) is 11.8. The molecule has 1 rings (SSSR count). The lowest BCUT2D eigenvalue weighted by Gasteiger charge is -2.21. The van der Waals surface area contributed by atoms with Crippen LogP contribution >= 0.6 is 0 Å². The highest BCUT2D eigenvalue weighted by Gasteiger charge is 2.21. The smallest absolute Gasteiger partial charge is 0.326 e. The fourth-order valence-corrected chi connectivity index (χ4v) is 1.53. The van der Waals surface area contributed by atoms with E-state index in [0.717, 1.165) is 6.42 Å². The topological polar surface area (TPSA) is 84.3 Å². The van der Waals surface area contributed by atoms with E-state index in [1.54, 1.807) is 0 Å². The third-order valence-corrected chi connectivity index (χ3v) is 2.62. The molecule has 1 aromatic heterocycles. The molecule has 1 heterocycles. The summed E-state index contributed by atoms with van der Waals surface area (Å²) >= 11 is 0. The van der Waals surface area contributed by atoms with E-state index in [-0.39, 0.29) is 5.41 Å². The lowest BCUT2D eigenvalue weighted by molar-refractivity contribution is -0.138. The third-order valence-electron chi connectivity index (χ3n) is 2.62. The van der Waals surface area contributed by atoms with Gasteiger partial charge >= 0.3 is 5.97 Å². The molecule has 2 N–H and O–H groups in total. The van der Waals surface area contributed by atoms with Crippen molar-refractivity contribution < 1.29 is 14.6 Å². The van der Waals surface area contributed by atoms with E-state index in [0.29, 0.717) is 18.1 Å². The quantitative estimate of drug-likeness (QED) is 0.821. The second kappa shape index (κ2) is 6.36. The van der Waals surface area contributed by atoms with Crippen LogP contribution in [-0.4, -0.2) is 34.2 Å². The molecule has 0 aliphatic carbocycles. The van der Waals surface area contributed by atoms with Gasteiger partial charge in [0, 0.05) is 0 Å². The number of carboxylic acids is 1. The molecular weight excluding hydrogens is 246 g/mol. The summed E-state index contributed by atoms with van der Waals surface area (Å²) in [5.41, 5.74) is 0.0927. The minimum absolute atomic E-state index is 0.0927. The fourth-order valence-electron chi connectivity index (χ4n) is 1.53. The summed E-state index contributed by atoms with van der Waals surface area (Å²) in [5, 5.41) is 12.1. The van der Waals surface area contributed by atoms with Crippen molar-refractivity contribution in [1.29, 1.82) is 0 Å². The van der Waals surface area contributed by atoms with Gasteiger partial charge in [-0.3, -0.25) is 4.98 Å². The van der Waals surface area contributed by atoms with Gasteiger partial charge in [-0.15, -0.1) is 0 Å². The number of carboxylic acid groups (broad SMARTS) is 1. The van der Waals surface area contributed by atoms with Gasteiger partial charge in [0.25, 0.3) is 0 Å². The van der Waals surface area contributed by atoms with Crippen LogP contribution in [0, 0.1) is 5.41 Å². The van der Waals surface area contributed by atoms with Crippen molar-refractivity contribution in [2.45, 2.75) is 39.7 Å². The minimum atomic E-state index is -0.895. The molecule has 0 amide bonds. The average molecular weight is 267 g/mol. The fraction of sp³-hybridized carbons (Fsp3) is 0.615. The van der Waals surface area contributed by atoms with Crippen molar-refractivity contribution in [2.24, 2.45) is 5.41 Å². The van der Waals surface area contributed by atoms with Crippen LogP contribution in [0.1, 0.15) is 33.6 Å². The molecule has 0 fully saturated rings. The first kappa shape index (κ1) is 15.2. The highest BCUT2D eigenvalue weighted by molar-refractivity contribution is 5.76. The normalized spacial score (nSPS) is 12.8. The highest BCUT2D eigenvalue weighted by Crippen LogP contribution is 2.22. The lowest BCUT2D eigenvalue weighted by atomic mass is 9.88. The zero-order chi connectivity index (χ0) is 14.5. The summed E-state index contributed by atoms with van der Waals surface area (Å²) in [6, 6.07) is -0.680. The van der Waals surface area contributed by atoms with Crippen LogP contribution in [-0.2, 0) is 4.79 Å². The molecule has 0 aliphatic heterocycles. The van der Waals surface area contributed by atoms with Gasteiger partial charge in [0.05, 0.1) is 19.5 Å². The molecule has 0 bridgehead atoms. The van der Waals surface area contributed by atoms with Crippen molar-refractivity contribution in [1.82, 2.24) is 9.97 Å². The van der Waals surface area contributed by atoms with E-state index < -0.39 is 12.0 Å². The van der Waals surface area contributed by atoms with Gasteiger partial charge in [-0.1, -0.05) is 20.8 Å². The second-order valence-electron chi connectivity index (χ2n) is 5.58. The van der Waals surface area contributed by atoms with Crippen LogP contribution in [0.3, 0.4) is 0 Å². The van der Waals surface area contributed by atoms with E-state index in [4.69, 9.17) is 4.74 Å². The Balaban J connectivity index is 2.70. The van der Waals surface area contributed by atoms with E-state index in [1.807, 2.05) is 0 Å². The molecular formula is C13H21N3O3. The maximum atomic E-state index is 11.2. The van der Waals surface area contributed by atoms with Crippen molar-refractivity contribution in [2.75, 3.05) is 12.4 Å². The van der Waals surface area contributed by atoms with Crippen molar-refractivity contribution in [3.63, 3.8) is 0 Å². The Bertz CT molecular complexity index is 429. The third kappa shape index (κ3) is 5.54. The maximum absolute atomic E-state index is 11.2. The first-order valence-corrected chi connectivity index (χ1v) is 6.17. The van der Waals surface area contributed by atoms with E-state index >= 15 is 0 Å². The SMILES string of the molecule is COc1cncc(N[C@@H](CCC(C)(C)C)C(=O)O)n1. The Kier molecular flexibility index (Phi) is 5.09. The van der Waals surface area contributed by atoms with Crippen LogP contribution in [0.15, 0.2) is 12.4 Å². The molecule has 0 aromatic carbocycles. The molecule has 0 radical (unpaired) electrons. The summed E-state index contributed by atoms with van der Waals surface area (Å²) < 4.78 is 4.95. The number of nitrogens with zero attached hydrogens (tertiary/aromatic N) is 2. The number of aliphatic carboxylic acids is 1. The molecule has 0 aliphatic rings. The Labute approximate surface area is 113 Å². The molecule has 1 aromatic rings. The molecule has 6 heteroatoms. The van der Waals surface area contributed by atoms with Gasteiger partial charge in [0.2, 0.25) is 5.88 Å². The minimum Gasteiger partial charge on any atom is -0.480 e. The molecule has 19 heavy (non-hydrogen) atoms. The molecule has 0 unspecified atom stereocenters. The van der Waals surface area contributed by atoms with E-state index in [2.05, 4.69) is 36.1 Å². The molecule has 0 spiro atoms. The number of hydrogen-bond donors (Lipinski definition) is 2. The van der Waals surface area contributed by atoms with Crippen LogP contribution in [0.2, 0.25) is 0 Å². The van der Waals surface area contributed by atoms with Crippen molar-refractivity contribution in [3.05, 3.63) is 12.4 Å². The number of methoxy groups -OCH3 is 1. The number of hydrogen-bond acceptors (Lipinski definition) is 5. The molecule has 6 nitrogen and oxygen atoms in total. The number of carbonyl (C=O) groups is 1. The zero-order valence-electron chi connectivity index (χ0n) is 11.8. The van der Waals surface area contributed by atoms with Crippen LogP contribution < -0.4 is 10.1 Å². The number of ether oxygens (including phenoxy) is 1. The van der Waals surface area contributed by atoms with Gasteiger partial charge < -0.3 is 15.2 Å². The second-order valence-corrected chi connectivity index (χ2v) is 5.58. The highest BCUT2D eigenvalue weighted by atomic mass is 16.5. The van der Waals surface area contributed by atoms with Gasteiger partial charge in [0.15, 0.2) is 0 Å². The van der Waals surface area contributed by atoms with Crippen molar-refractivity contribution >= 4 is 11.8 Å². The monoisotopic (exact) mass is 267 g/mol. The van der Waals surface area contributed by atoms with E-state index in [1.165, 1.54) is 19.5 Å². The first-order chi connectivity index (χ1) is 8.81. The lowest BCUT2D eigenvalue weighted by Crippen LogP contribution is -2.31. The molecule has 106 valence electrons. The van der Waals surface area contributed by atoms with E-state index in [9.17, 15) is 9.90 Å². The summed E-state index contributed by atoms with van der Waals surface area (Å²) in [7, 11) is 1.49. The summed E-state index contributed by atoms with van der Waals surface area (Å²) in [6.07, 6.45) is 4.28. The predicted octanol–water partition coefficient (Wildman–Crippen LogP) is 2.18. The summed E-state index contributed by atoms with van der Waals surface area (Å²) in [6.45, 7) is 6.24. The van der Waals surface area contributed by atoms with Gasteiger partial charge in [-0.2, -0.15) is 4.98 Å². The number of nitrogens with one attached hydrogen (secondary N) is 1. The number of rotatable bonds is 6. The Morgan fingerprint density at radius 3 is 2.68 bits per heavy atom. The number of aromatic nitrogens is 2. The van der Waals surface area contributed by atoms with Gasteiger partial charge in [-0.25, -0.2) is 4.79 Å². The van der Waals surface area contributed by atoms with Crippen LogP contribution in [0.25, 0.3) is 0 Å². The standard InChI is InChI=1S/C13H21N3O3/c1-13(2,3)6-5-9(12(17)18)15-10-7-14-8-11(16-10)19-4/h7-9H,5-6H2,1-4H3,(H,15,16)(H,17,18)/t9-/m0/s1. The van der Waals surface area contributed by atoms with Gasteiger partial charge in [-0.05, 0) is 18.3 Å². The summed E-state index contributed by atoms with van der Waals surface area (Å²) in [4.78, 5) is 19.3. The summed E-state index contributed by atoms with van der Waals surface area (Å²) in [5.74, 6) is -0.139. The van der Waals surface area contributed by atoms with Crippen molar-refractivity contribution in [3.8, 4) is 5.88 Å². The first-order valence-electron chi connectivity index (χ1n) is 6.17. The Hall–Kier alpha value is -1.85. The number of anilines is 1. The molecule has 0 saturated carbocycles. The average Bonchev–Trinajstić information content (AvgIpc) is 2.33. The van der Waals surface area contributed by atoms with Crippen LogP contribution in [0.4, 0.5) is 5.82 Å².